The molecule has 1 amide bonds. The van der Waals surface area contributed by atoms with Gasteiger partial charge in [0.05, 0.1) is 23.7 Å². The van der Waals surface area contributed by atoms with Crippen LogP contribution in [-0.2, 0) is 17.1 Å². The van der Waals surface area contributed by atoms with Crippen molar-refractivity contribution >= 4 is 23.5 Å². The number of carbonyl (C=O) groups is 1. The van der Waals surface area contributed by atoms with Gasteiger partial charge in [0.15, 0.2) is 0 Å². The summed E-state index contributed by atoms with van der Waals surface area (Å²) in [4.78, 5) is 12.3. The third-order valence-electron chi connectivity index (χ3n) is 4.01. The fourth-order valence-electron chi connectivity index (χ4n) is 2.66. The molecule has 0 spiro atoms. The van der Waals surface area contributed by atoms with Crippen molar-refractivity contribution in [2.24, 2.45) is 0 Å². The van der Waals surface area contributed by atoms with Crippen molar-refractivity contribution in [1.29, 1.82) is 0 Å². The molecule has 1 N–H and O–H groups in total. The van der Waals surface area contributed by atoms with Gasteiger partial charge in [-0.05, 0) is 26.3 Å². The van der Waals surface area contributed by atoms with Crippen molar-refractivity contribution in [2.45, 2.75) is 33.1 Å². The van der Waals surface area contributed by atoms with E-state index in [1.54, 1.807) is 11.8 Å². The van der Waals surface area contributed by atoms with Crippen LogP contribution in [0.3, 0.4) is 0 Å². The van der Waals surface area contributed by atoms with E-state index < -0.39 is 0 Å². The smallest absolute Gasteiger partial charge is 0.235 e. The summed E-state index contributed by atoms with van der Waals surface area (Å²) in [7, 11) is 0. The molecule has 3 rings (SSSR count). The first-order valence-corrected chi connectivity index (χ1v) is 9.56. The number of rotatable bonds is 7. The third-order valence-corrected chi connectivity index (χ3v) is 4.96. The van der Waals surface area contributed by atoms with Gasteiger partial charge in [-0.1, -0.05) is 35.5 Å². The van der Waals surface area contributed by atoms with Crippen LogP contribution in [0, 0.1) is 20.8 Å². The lowest BCUT2D eigenvalue weighted by Crippen LogP contribution is -2.18. The highest BCUT2D eigenvalue weighted by atomic mass is 32.2. The van der Waals surface area contributed by atoms with Crippen molar-refractivity contribution in [3.8, 4) is 0 Å². The minimum Gasteiger partial charge on any atom is -0.361 e. The van der Waals surface area contributed by atoms with Gasteiger partial charge in [0.2, 0.25) is 5.91 Å². The van der Waals surface area contributed by atoms with E-state index >= 15 is 0 Å². The first-order chi connectivity index (χ1) is 12.5. The van der Waals surface area contributed by atoms with Gasteiger partial charge in [-0.2, -0.15) is 5.10 Å². The molecule has 0 aliphatic heterocycles. The third kappa shape index (κ3) is 4.54. The van der Waals surface area contributed by atoms with E-state index in [9.17, 15) is 4.79 Å². The molecule has 2 aromatic heterocycles. The molecule has 0 radical (unpaired) electrons. The van der Waals surface area contributed by atoms with Crippen LogP contribution in [0.4, 0.5) is 5.82 Å². The number of anilines is 1. The molecule has 6 nitrogen and oxygen atoms in total. The molecule has 26 heavy (non-hydrogen) atoms. The Kier molecular flexibility index (Phi) is 5.78. The summed E-state index contributed by atoms with van der Waals surface area (Å²) < 4.78 is 6.97. The van der Waals surface area contributed by atoms with Gasteiger partial charge in [0.1, 0.15) is 11.6 Å². The van der Waals surface area contributed by atoms with Crippen LogP contribution in [0.5, 0.6) is 0 Å². The number of amides is 1. The molecule has 2 heterocycles. The summed E-state index contributed by atoms with van der Waals surface area (Å²) in [5, 5.41) is 11.4. The number of nitrogens with one attached hydrogen (secondary N) is 1. The summed E-state index contributed by atoms with van der Waals surface area (Å²) in [6.07, 6.45) is 0. The van der Waals surface area contributed by atoms with E-state index in [1.807, 2.05) is 61.9 Å². The maximum Gasteiger partial charge on any atom is 0.235 e. The average molecular weight is 370 g/mol. The highest BCUT2D eigenvalue weighted by Gasteiger charge is 2.12. The lowest BCUT2D eigenvalue weighted by atomic mass is 10.2. The van der Waals surface area contributed by atoms with Crippen molar-refractivity contribution < 1.29 is 9.32 Å². The van der Waals surface area contributed by atoms with Crippen LogP contribution < -0.4 is 5.32 Å². The van der Waals surface area contributed by atoms with E-state index in [0.29, 0.717) is 23.9 Å². The van der Waals surface area contributed by atoms with Gasteiger partial charge >= 0.3 is 0 Å². The Hall–Kier alpha value is -2.54. The van der Waals surface area contributed by atoms with E-state index in [-0.39, 0.29) is 5.91 Å². The Balaban J connectivity index is 1.57. The molecular formula is C19H22N4O2S. The second-order valence-electron chi connectivity index (χ2n) is 6.16. The summed E-state index contributed by atoms with van der Waals surface area (Å²) in [5.41, 5.74) is 3.96. The monoisotopic (exact) mass is 370 g/mol. The molecule has 0 atom stereocenters. The van der Waals surface area contributed by atoms with Crippen LogP contribution >= 0.6 is 11.8 Å². The second-order valence-corrected chi connectivity index (χ2v) is 7.14. The zero-order chi connectivity index (χ0) is 18.5. The van der Waals surface area contributed by atoms with Crippen LogP contribution in [0.15, 0.2) is 40.9 Å². The highest BCUT2D eigenvalue weighted by Crippen LogP contribution is 2.20. The van der Waals surface area contributed by atoms with Crippen molar-refractivity contribution in [3.05, 3.63) is 64.7 Å². The molecule has 7 heteroatoms. The zero-order valence-electron chi connectivity index (χ0n) is 15.2. The van der Waals surface area contributed by atoms with Gasteiger partial charge in [0, 0.05) is 17.4 Å². The fraction of sp³-hybridized carbons (Fsp3) is 0.316. The number of carbonyl (C=O) groups excluding carboxylic acids is 1. The Labute approximate surface area is 157 Å². The first kappa shape index (κ1) is 18.3. The molecular weight excluding hydrogens is 348 g/mol. The summed E-state index contributed by atoms with van der Waals surface area (Å²) in [6.45, 7) is 6.35. The lowest BCUT2D eigenvalue weighted by molar-refractivity contribution is -0.113. The van der Waals surface area contributed by atoms with E-state index in [2.05, 4.69) is 15.6 Å². The lowest BCUT2D eigenvalue weighted by Gasteiger charge is -2.09. The molecule has 0 fully saturated rings. The van der Waals surface area contributed by atoms with Gasteiger partial charge < -0.3 is 9.84 Å². The number of nitrogens with zero attached hydrogens (tertiary/aromatic N) is 3. The minimum absolute atomic E-state index is 0.0454. The SMILES string of the molecule is Cc1cc(NC(=O)CSCc2c(C)noc2C)n(Cc2ccccc2)n1. The van der Waals surface area contributed by atoms with Crippen molar-refractivity contribution in [3.63, 3.8) is 0 Å². The molecule has 1 aromatic carbocycles. The standard InChI is InChI=1S/C19H22N4O2S/c1-13-9-18(23(21-13)10-16-7-5-4-6-8-16)20-19(24)12-26-11-17-14(2)22-25-15(17)3/h4-9H,10-12H2,1-3H3,(H,20,24). The Morgan fingerprint density at radius 3 is 2.69 bits per heavy atom. The molecule has 3 aromatic rings. The zero-order valence-corrected chi connectivity index (χ0v) is 16.0. The molecule has 0 bridgehead atoms. The van der Waals surface area contributed by atoms with Gasteiger partial charge in [-0.25, -0.2) is 4.68 Å². The van der Waals surface area contributed by atoms with Gasteiger partial charge in [-0.3, -0.25) is 4.79 Å². The number of hydrogen-bond donors (Lipinski definition) is 1. The van der Waals surface area contributed by atoms with Gasteiger partial charge in [-0.15, -0.1) is 11.8 Å². The normalized spacial score (nSPS) is 10.9. The number of thioether (sulfide) groups is 1. The largest absolute Gasteiger partial charge is 0.361 e. The Morgan fingerprint density at radius 2 is 2.00 bits per heavy atom. The van der Waals surface area contributed by atoms with Gasteiger partial charge in [0.25, 0.3) is 0 Å². The predicted molar refractivity (Wildman–Crippen MR) is 103 cm³/mol. The molecule has 0 unspecified atom stereocenters. The summed E-state index contributed by atoms with van der Waals surface area (Å²) in [6, 6.07) is 11.9. The highest BCUT2D eigenvalue weighted by molar-refractivity contribution is 7.99. The van der Waals surface area contributed by atoms with Crippen LogP contribution in [0.1, 0.15) is 28.3 Å². The predicted octanol–water partition coefficient (Wildman–Crippen LogP) is 3.72. The quantitative estimate of drug-likeness (QED) is 0.686. The molecule has 136 valence electrons. The van der Waals surface area contributed by atoms with Crippen molar-refractivity contribution in [1.82, 2.24) is 14.9 Å². The maximum absolute atomic E-state index is 12.3. The first-order valence-electron chi connectivity index (χ1n) is 8.40. The Morgan fingerprint density at radius 1 is 1.23 bits per heavy atom. The summed E-state index contributed by atoms with van der Waals surface area (Å²) >= 11 is 1.54. The van der Waals surface area contributed by atoms with Crippen LogP contribution in [0.2, 0.25) is 0 Å². The second kappa shape index (κ2) is 8.23. The molecule has 0 aliphatic rings. The fourth-order valence-corrected chi connectivity index (χ4v) is 3.63. The van der Waals surface area contributed by atoms with Crippen LogP contribution in [0.25, 0.3) is 0 Å². The summed E-state index contributed by atoms with van der Waals surface area (Å²) in [5.74, 6) is 2.55. The molecule has 0 saturated carbocycles. The minimum atomic E-state index is -0.0454. The van der Waals surface area contributed by atoms with Crippen LogP contribution in [-0.4, -0.2) is 26.6 Å². The Bertz CT molecular complexity index is 867. The number of hydrogen-bond acceptors (Lipinski definition) is 5. The van der Waals surface area contributed by atoms with E-state index in [4.69, 9.17) is 4.52 Å². The van der Waals surface area contributed by atoms with E-state index in [1.165, 1.54) is 0 Å². The topological polar surface area (TPSA) is 73.0 Å². The maximum atomic E-state index is 12.3. The number of benzene rings is 1. The van der Waals surface area contributed by atoms with Crippen molar-refractivity contribution in [2.75, 3.05) is 11.1 Å². The molecule has 0 saturated heterocycles. The molecule has 0 aliphatic carbocycles. The number of aryl methyl sites for hydroxylation is 3. The van der Waals surface area contributed by atoms with E-state index in [0.717, 1.165) is 28.3 Å². The number of aromatic nitrogens is 3. The average Bonchev–Trinajstić information content (AvgIpc) is 3.11.